The van der Waals surface area contributed by atoms with Crippen LogP contribution >= 0.6 is 0 Å². The molecule has 7 heteroatoms. The van der Waals surface area contributed by atoms with Gasteiger partial charge in [0.15, 0.2) is 5.60 Å². The van der Waals surface area contributed by atoms with E-state index >= 15 is 0 Å². The molecular weight excluding hydrogens is 420 g/mol. The first kappa shape index (κ1) is 23.4. The lowest BCUT2D eigenvalue weighted by molar-refractivity contribution is -0.148. The van der Waals surface area contributed by atoms with Gasteiger partial charge in [-0.1, -0.05) is 97.6 Å². The Hall–Kier alpha value is -2.84. The minimum atomic E-state index is -3.83. The minimum Gasteiger partial charge on any atom is -0.441 e. The maximum absolute atomic E-state index is 12.6. The molecule has 0 amide bonds. The van der Waals surface area contributed by atoms with E-state index in [1.807, 2.05) is 91.0 Å². The third-order valence-corrected chi connectivity index (χ3v) is 4.14. The van der Waals surface area contributed by atoms with Gasteiger partial charge in [0, 0.05) is 33.5 Å². The number of hydrogen-bond acceptors (Lipinski definition) is 4. The predicted octanol–water partition coefficient (Wildman–Crippen LogP) is 4.78. The van der Waals surface area contributed by atoms with Gasteiger partial charge in [-0.05, 0) is 6.92 Å². The van der Waals surface area contributed by atoms with Crippen molar-refractivity contribution in [2.75, 3.05) is 0 Å². The van der Waals surface area contributed by atoms with E-state index in [-0.39, 0.29) is 0 Å². The molecule has 156 valence electrons. The smallest absolute Gasteiger partial charge is 0.334 e. The van der Waals surface area contributed by atoms with Crippen LogP contribution in [0.4, 0.5) is 0 Å². The molecule has 30 heavy (non-hydrogen) atoms. The Balaban J connectivity index is 0.000000575. The standard InChI is InChI=1S/C23H20O2.H2O3S2/c1-18(2)22(24)25-23(19-12-6-3-7-13-19,20-14-8-4-9-15-20)21-16-10-5-11-17-21;1-5(2,3)4/h3-17H,1H2,2H3;(H2,1,2,3,4). The van der Waals surface area contributed by atoms with Crippen LogP contribution in [0, 0.1) is 0 Å². The van der Waals surface area contributed by atoms with Gasteiger partial charge in [0.25, 0.3) is 9.05 Å². The summed E-state index contributed by atoms with van der Waals surface area (Å²) in [5, 5.41) is 0. The molecule has 0 saturated carbocycles. The average Bonchev–Trinajstić information content (AvgIpc) is 2.72. The molecule has 0 saturated heterocycles. The Morgan fingerprint density at radius 2 is 1.10 bits per heavy atom. The summed E-state index contributed by atoms with van der Waals surface area (Å²) in [7, 11) is -3.83. The third-order valence-electron chi connectivity index (χ3n) is 4.14. The van der Waals surface area contributed by atoms with Gasteiger partial charge in [-0.2, -0.15) is 4.21 Å². The molecule has 3 aromatic carbocycles. The molecule has 0 bridgehead atoms. The Morgan fingerprint density at radius 3 is 1.33 bits per heavy atom. The molecule has 2 N–H and O–H groups in total. The zero-order valence-electron chi connectivity index (χ0n) is 16.3. The molecule has 0 fully saturated rings. The Morgan fingerprint density at radius 1 is 0.833 bits per heavy atom. The highest BCUT2D eigenvalue weighted by Crippen LogP contribution is 2.40. The Kier molecular flexibility index (Phi) is 8.02. The van der Waals surface area contributed by atoms with Crippen molar-refractivity contribution in [3.63, 3.8) is 0 Å². The van der Waals surface area contributed by atoms with E-state index in [0.717, 1.165) is 16.7 Å². The first-order chi connectivity index (χ1) is 14.1. The van der Waals surface area contributed by atoms with Gasteiger partial charge in [0.1, 0.15) is 0 Å². The zero-order chi connectivity index (χ0) is 22.2. The predicted molar refractivity (Wildman–Crippen MR) is 121 cm³/mol. The lowest BCUT2D eigenvalue weighted by atomic mass is 9.80. The Labute approximate surface area is 181 Å². The van der Waals surface area contributed by atoms with Crippen LogP contribution in [0.25, 0.3) is 0 Å². The van der Waals surface area contributed by atoms with E-state index in [9.17, 15) is 4.79 Å². The van der Waals surface area contributed by atoms with Gasteiger partial charge in [0.05, 0.1) is 0 Å². The molecule has 0 unspecified atom stereocenters. The molecule has 0 spiro atoms. The highest BCUT2D eigenvalue weighted by atomic mass is 32.9. The van der Waals surface area contributed by atoms with Crippen molar-refractivity contribution >= 4 is 26.2 Å². The number of ether oxygens (including phenoxy) is 1. The quantitative estimate of drug-likeness (QED) is 0.336. The lowest BCUT2D eigenvalue weighted by Crippen LogP contribution is -2.35. The average molecular weight is 443 g/mol. The molecular formula is C23H22O5S2. The third kappa shape index (κ3) is 6.33. The minimum absolute atomic E-state index is 0.368. The molecule has 0 aliphatic rings. The maximum atomic E-state index is 12.6. The van der Waals surface area contributed by atoms with Gasteiger partial charge in [-0.25, -0.2) is 4.79 Å². The first-order valence-electron chi connectivity index (χ1n) is 8.90. The molecule has 5 nitrogen and oxygen atoms in total. The van der Waals surface area contributed by atoms with Crippen LogP contribution in [0.1, 0.15) is 23.6 Å². The van der Waals surface area contributed by atoms with Gasteiger partial charge in [0.2, 0.25) is 0 Å². The molecule has 0 aliphatic carbocycles. The van der Waals surface area contributed by atoms with Crippen molar-refractivity contribution in [2.45, 2.75) is 12.5 Å². The van der Waals surface area contributed by atoms with E-state index in [4.69, 9.17) is 18.1 Å². The molecule has 0 aromatic heterocycles. The molecule has 3 rings (SSSR count). The molecule has 0 atom stereocenters. The summed E-state index contributed by atoms with van der Waals surface area (Å²) in [5.74, 6) is -0.420. The fraction of sp³-hybridized carbons (Fsp3) is 0.0870. The van der Waals surface area contributed by atoms with Crippen LogP contribution in [0.5, 0.6) is 0 Å². The fourth-order valence-corrected chi connectivity index (χ4v) is 2.92. The maximum Gasteiger partial charge on any atom is 0.334 e. The first-order valence-corrected chi connectivity index (χ1v) is 11.3. The van der Waals surface area contributed by atoms with E-state index in [2.05, 4.69) is 17.8 Å². The number of rotatable bonds is 5. The highest BCUT2D eigenvalue weighted by molar-refractivity contribution is 8.26. The molecule has 3 aromatic rings. The van der Waals surface area contributed by atoms with Crippen LogP contribution in [0.3, 0.4) is 0 Å². The zero-order valence-corrected chi connectivity index (χ0v) is 17.9. The van der Waals surface area contributed by atoms with Crippen molar-refractivity contribution in [1.82, 2.24) is 0 Å². The van der Waals surface area contributed by atoms with Crippen LogP contribution in [0.2, 0.25) is 0 Å². The van der Waals surface area contributed by atoms with Crippen LogP contribution in [-0.2, 0) is 35.4 Å². The van der Waals surface area contributed by atoms with Gasteiger partial charge in [-0.15, -0.1) is 0 Å². The summed E-state index contributed by atoms with van der Waals surface area (Å²) in [6.45, 7) is 5.41. The molecule has 0 aliphatic heterocycles. The van der Waals surface area contributed by atoms with Crippen molar-refractivity contribution in [2.24, 2.45) is 0 Å². The normalized spacial score (nSPS) is 11.0. The monoisotopic (exact) mass is 442 g/mol. The summed E-state index contributed by atoms with van der Waals surface area (Å²) in [4.78, 5) is 12.6. The van der Waals surface area contributed by atoms with Crippen LogP contribution in [0.15, 0.2) is 103 Å². The van der Waals surface area contributed by atoms with Crippen LogP contribution < -0.4 is 0 Å². The summed E-state index contributed by atoms with van der Waals surface area (Å²) in [6, 6.07) is 29.4. The number of carbonyl (C=O) groups is 1. The summed E-state index contributed by atoms with van der Waals surface area (Å²) in [5.41, 5.74) is 2.01. The second-order valence-corrected chi connectivity index (χ2v) is 8.60. The number of hydrogen-bond donors (Lipinski definition) is 2. The summed E-state index contributed by atoms with van der Waals surface area (Å²) in [6.07, 6.45) is 0. The van der Waals surface area contributed by atoms with Gasteiger partial charge >= 0.3 is 5.97 Å². The summed E-state index contributed by atoms with van der Waals surface area (Å²) >= 11 is 3.47. The second-order valence-electron chi connectivity index (χ2n) is 6.40. The van der Waals surface area contributed by atoms with Gasteiger partial charge < -0.3 is 4.74 Å². The topological polar surface area (TPSA) is 83.8 Å². The molecule has 0 radical (unpaired) electrons. The largest absolute Gasteiger partial charge is 0.441 e. The van der Waals surface area contributed by atoms with Crippen molar-refractivity contribution in [3.05, 3.63) is 120 Å². The van der Waals surface area contributed by atoms with Crippen LogP contribution in [-0.4, -0.2) is 19.3 Å². The SMILES string of the molecule is C=C(C)C(=O)OC(c1ccccc1)(c1ccccc1)c1ccccc1.O=S(O)(O)=S. The summed E-state index contributed by atoms with van der Waals surface area (Å²) < 4.78 is 30.1. The van der Waals surface area contributed by atoms with E-state index in [1.54, 1.807) is 6.92 Å². The number of esters is 1. The second kappa shape index (κ2) is 10.3. The Bertz CT molecular complexity index is 976. The lowest BCUT2D eigenvalue weighted by Gasteiger charge is -2.35. The van der Waals surface area contributed by atoms with Crippen molar-refractivity contribution in [3.8, 4) is 0 Å². The van der Waals surface area contributed by atoms with Crippen molar-refractivity contribution in [1.29, 1.82) is 0 Å². The highest BCUT2D eigenvalue weighted by Gasteiger charge is 2.40. The number of benzene rings is 3. The van der Waals surface area contributed by atoms with E-state index in [0.29, 0.717) is 5.57 Å². The van der Waals surface area contributed by atoms with E-state index < -0.39 is 20.6 Å². The fourth-order valence-electron chi connectivity index (χ4n) is 2.92. The number of carbonyl (C=O) groups excluding carboxylic acids is 1. The molecule has 0 heterocycles. The van der Waals surface area contributed by atoms with Crippen molar-refractivity contribution < 1.29 is 22.8 Å². The van der Waals surface area contributed by atoms with Gasteiger partial charge in [-0.3, -0.25) is 9.11 Å². The van der Waals surface area contributed by atoms with E-state index in [1.165, 1.54) is 0 Å².